The summed E-state index contributed by atoms with van der Waals surface area (Å²) in [4.78, 5) is 26.8. The van der Waals surface area contributed by atoms with E-state index in [1.54, 1.807) is 6.07 Å². The van der Waals surface area contributed by atoms with Crippen LogP contribution in [0.15, 0.2) is 28.3 Å². The summed E-state index contributed by atoms with van der Waals surface area (Å²) in [7, 11) is -2.11. The van der Waals surface area contributed by atoms with Crippen LogP contribution >= 0.6 is 11.8 Å². The molecule has 0 bridgehead atoms. The van der Waals surface area contributed by atoms with Crippen molar-refractivity contribution in [3.05, 3.63) is 18.3 Å². The molecule has 2 heterocycles. The molecule has 1 aliphatic heterocycles. The van der Waals surface area contributed by atoms with Gasteiger partial charge in [0.15, 0.2) is 0 Å². The quantitative estimate of drug-likeness (QED) is 0.736. The van der Waals surface area contributed by atoms with Gasteiger partial charge in [0, 0.05) is 26.3 Å². The van der Waals surface area contributed by atoms with Crippen molar-refractivity contribution in [2.75, 3.05) is 25.9 Å². The number of urea groups is 1. The van der Waals surface area contributed by atoms with Gasteiger partial charge in [0.2, 0.25) is 15.9 Å². The first kappa shape index (κ1) is 19.7. The number of rotatable bonds is 5. The highest BCUT2D eigenvalue weighted by molar-refractivity contribution is 7.99. The standard InChI is InChI=1S/C15H22N4O4S2/c1-16-15(21)18-13(20)11-24-14-7-6-12(10-17-14)25(22,23)19-8-4-2-3-5-9-19/h6-7,10H,2-5,8-9,11H2,1H3,(H2,16,18,20,21). The topological polar surface area (TPSA) is 108 Å². The molecule has 1 aliphatic rings. The summed E-state index contributed by atoms with van der Waals surface area (Å²) in [5, 5.41) is 4.95. The fourth-order valence-electron chi connectivity index (χ4n) is 2.40. The molecule has 1 fully saturated rings. The van der Waals surface area contributed by atoms with Crippen molar-refractivity contribution in [1.29, 1.82) is 0 Å². The van der Waals surface area contributed by atoms with Crippen LogP contribution in [0.25, 0.3) is 0 Å². The second-order valence-corrected chi connectivity index (χ2v) is 8.50. The van der Waals surface area contributed by atoms with E-state index in [0.717, 1.165) is 37.4 Å². The largest absolute Gasteiger partial charge is 0.341 e. The van der Waals surface area contributed by atoms with Crippen LogP contribution in [-0.4, -0.2) is 55.5 Å². The minimum Gasteiger partial charge on any atom is -0.341 e. The number of sulfonamides is 1. The highest BCUT2D eigenvalue weighted by Crippen LogP contribution is 2.22. The van der Waals surface area contributed by atoms with E-state index in [9.17, 15) is 18.0 Å². The van der Waals surface area contributed by atoms with Crippen LogP contribution in [0.4, 0.5) is 4.79 Å². The molecule has 2 rings (SSSR count). The number of thioether (sulfide) groups is 1. The van der Waals surface area contributed by atoms with Gasteiger partial charge in [-0.3, -0.25) is 10.1 Å². The van der Waals surface area contributed by atoms with Crippen molar-refractivity contribution >= 4 is 33.7 Å². The van der Waals surface area contributed by atoms with E-state index >= 15 is 0 Å². The number of nitrogens with one attached hydrogen (secondary N) is 2. The van der Waals surface area contributed by atoms with Crippen LogP contribution < -0.4 is 10.6 Å². The molecule has 1 saturated heterocycles. The first-order valence-electron chi connectivity index (χ1n) is 8.04. The molecule has 0 aliphatic carbocycles. The van der Waals surface area contributed by atoms with Crippen LogP contribution in [0.2, 0.25) is 0 Å². The summed E-state index contributed by atoms with van der Waals surface area (Å²) in [6, 6.07) is 2.51. The van der Waals surface area contributed by atoms with Gasteiger partial charge in [0.25, 0.3) is 0 Å². The Morgan fingerprint density at radius 1 is 1.20 bits per heavy atom. The maximum absolute atomic E-state index is 12.6. The maximum Gasteiger partial charge on any atom is 0.321 e. The first-order chi connectivity index (χ1) is 11.9. The highest BCUT2D eigenvalue weighted by Gasteiger charge is 2.25. The molecule has 1 aromatic heterocycles. The van der Waals surface area contributed by atoms with Gasteiger partial charge in [-0.15, -0.1) is 0 Å². The Labute approximate surface area is 151 Å². The summed E-state index contributed by atoms with van der Waals surface area (Å²) >= 11 is 1.13. The van der Waals surface area contributed by atoms with Gasteiger partial charge >= 0.3 is 6.03 Å². The molecule has 0 spiro atoms. The van der Waals surface area contributed by atoms with Gasteiger partial charge in [-0.05, 0) is 25.0 Å². The summed E-state index contributed by atoms with van der Waals surface area (Å²) in [6.07, 6.45) is 5.18. The molecule has 0 aromatic carbocycles. The van der Waals surface area contributed by atoms with Crippen LogP contribution in [0, 0.1) is 0 Å². The molecule has 0 radical (unpaired) electrons. The van der Waals surface area contributed by atoms with E-state index in [1.807, 2.05) is 0 Å². The monoisotopic (exact) mass is 386 g/mol. The molecule has 10 heteroatoms. The van der Waals surface area contributed by atoms with E-state index in [2.05, 4.69) is 15.6 Å². The average Bonchev–Trinajstić information content (AvgIpc) is 2.90. The minimum absolute atomic E-state index is 0.0125. The third-order valence-electron chi connectivity index (χ3n) is 3.74. The molecule has 0 saturated carbocycles. The fraction of sp³-hybridized carbons (Fsp3) is 0.533. The normalized spacial score (nSPS) is 16.0. The lowest BCUT2D eigenvalue weighted by Crippen LogP contribution is -2.38. The Balaban J connectivity index is 1.96. The summed E-state index contributed by atoms with van der Waals surface area (Å²) in [5.74, 6) is -0.439. The SMILES string of the molecule is CNC(=O)NC(=O)CSc1ccc(S(=O)(=O)N2CCCCCC2)cn1. The minimum atomic E-state index is -3.52. The lowest BCUT2D eigenvalue weighted by Gasteiger charge is -2.19. The zero-order valence-electron chi connectivity index (χ0n) is 14.0. The number of hydrogen-bond acceptors (Lipinski definition) is 6. The molecule has 0 unspecified atom stereocenters. The van der Waals surface area contributed by atoms with E-state index in [-0.39, 0.29) is 10.6 Å². The van der Waals surface area contributed by atoms with E-state index in [4.69, 9.17) is 0 Å². The number of carbonyl (C=O) groups excluding carboxylic acids is 2. The van der Waals surface area contributed by atoms with Gasteiger partial charge in [-0.1, -0.05) is 24.6 Å². The number of imide groups is 1. The molecule has 138 valence electrons. The van der Waals surface area contributed by atoms with E-state index in [1.165, 1.54) is 23.6 Å². The molecule has 0 atom stereocenters. The predicted molar refractivity (Wildman–Crippen MR) is 94.8 cm³/mol. The number of nitrogens with zero attached hydrogens (tertiary/aromatic N) is 2. The Kier molecular flexibility index (Phi) is 7.21. The number of hydrogen-bond donors (Lipinski definition) is 2. The Morgan fingerprint density at radius 3 is 2.44 bits per heavy atom. The Morgan fingerprint density at radius 2 is 1.88 bits per heavy atom. The van der Waals surface area contributed by atoms with Gasteiger partial charge in [0.1, 0.15) is 4.90 Å². The summed E-state index contributed by atoms with van der Waals surface area (Å²) < 4.78 is 26.8. The second-order valence-electron chi connectivity index (χ2n) is 5.57. The predicted octanol–water partition coefficient (Wildman–Crippen LogP) is 1.19. The zero-order valence-corrected chi connectivity index (χ0v) is 15.7. The molecule has 1 aromatic rings. The third-order valence-corrected chi connectivity index (χ3v) is 6.57. The molecular formula is C15H22N4O4S2. The van der Waals surface area contributed by atoms with Crippen molar-refractivity contribution < 1.29 is 18.0 Å². The number of aromatic nitrogens is 1. The van der Waals surface area contributed by atoms with Crippen LogP contribution in [0.3, 0.4) is 0 Å². The summed E-state index contributed by atoms with van der Waals surface area (Å²) in [6.45, 7) is 1.08. The van der Waals surface area contributed by atoms with Crippen molar-refractivity contribution in [3.8, 4) is 0 Å². The van der Waals surface area contributed by atoms with E-state index in [0.29, 0.717) is 18.1 Å². The maximum atomic E-state index is 12.6. The number of amides is 3. The molecular weight excluding hydrogens is 364 g/mol. The average molecular weight is 386 g/mol. The van der Waals surface area contributed by atoms with Crippen molar-refractivity contribution in [2.24, 2.45) is 0 Å². The summed E-state index contributed by atoms with van der Waals surface area (Å²) in [5.41, 5.74) is 0. The lowest BCUT2D eigenvalue weighted by molar-refractivity contribution is -0.117. The van der Waals surface area contributed by atoms with Gasteiger partial charge in [-0.25, -0.2) is 18.2 Å². The van der Waals surface area contributed by atoms with E-state index < -0.39 is 22.0 Å². The molecule has 2 N–H and O–H groups in total. The highest BCUT2D eigenvalue weighted by atomic mass is 32.2. The Hall–Kier alpha value is -1.65. The van der Waals surface area contributed by atoms with Gasteiger partial charge in [0.05, 0.1) is 10.8 Å². The lowest BCUT2D eigenvalue weighted by atomic mass is 10.2. The molecule has 8 nitrogen and oxygen atoms in total. The van der Waals surface area contributed by atoms with Crippen molar-refractivity contribution in [1.82, 2.24) is 19.9 Å². The van der Waals surface area contributed by atoms with Crippen LogP contribution in [-0.2, 0) is 14.8 Å². The molecule has 3 amide bonds. The zero-order chi connectivity index (χ0) is 18.3. The fourth-order valence-corrected chi connectivity index (χ4v) is 4.51. The van der Waals surface area contributed by atoms with Crippen molar-refractivity contribution in [3.63, 3.8) is 0 Å². The number of carbonyl (C=O) groups is 2. The van der Waals surface area contributed by atoms with Crippen LogP contribution in [0.5, 0.6) is 0 Å². The van der Waals surface area contributed by atoms with Crippen LogP contribution in [0.1, 0.15) is 25.7 Å². The second kappa shape index (κ2) is 9.16. The number of pyridine rings is 1. The van der Waals surface area contributed by atoms with Gasteiger partial charge in [-0.2, -0.15) is 4.31 Å². The first-order valence-corrected chi connectivity index (χ1v) is 10.5. The van der Waals surface area contributed by atoms with Gasteiger partial charge < -0.3 is 5.32 Å². The molecule has 25 heavy (non-hydrogen) atoms. The smallest absolute Gasteiger partial charge is 0.321 e. The van der Waals surface area contributed by atoms with Crippen molar-refractivity contribution in [2.45, 2.75) is 35.6 Å². The third kappa shape index (κ3) is 5.68. The Bertz CT molecular complexity index is 699.